The van der Waals surface area contributed by atoms with E-state index >= 15 is 0 Å². The number of hydrogen-bond donors (Lipinski definition) is 0. The molecule has 0 aliphatic heterocycles. The number of carbonyl (C=O) groups is 1. The summed E-state index contributed by atoms with van der Waals surface area (Å²) in [6, 6.07) is 0. The molecule has 1 aromatic heterocycles. The first-order chi connectivity index (χ1) is 5.84. The Kier molecular flexibility index (Phi) is 3.14. The number of aromatic nitrogens is 2. The van der Waals surface area contributed by atoms with Gasteiger partial charge in [-0.05, 0) is 12.5 Å². The van der Waals surface area contributed by atoms with E-state index in [2.05, 4.69) is 9.97 Å². The first-order valence-corrected chi connectivity index (χ1v) is 3.80. The van der Waals surface area contributed by atoms with Gasteiger partial charge in [-0.3, -0.25) is 4.79 Å². The second kappa shape index (κ2) is 4.38. The molecule has 0 aromatic carbocycles. The highest BCUT2D eigenvalue weighted by Crippen LogP contribution is 1.96. The van der Waals surface area contributed by atoms with Crippen molar-refractivity contribution in [3.05, 3.63) is 36.4 Å². The summed E-state index contributed by atoms with van der Waals surface area (Å²) in [5, 5.41) is 0. The van der Waals surface area contributed by atoms with Gasteiger partial charge in [-0.15, -0.1) is 0 Å². The smallest absolute Gasteiger partial charge is 0.188 e. The van der Waals surface area contributed by atoms with Crippen LogP contribution in [0.5, 0.6) is 0 Å². The maximum atomic E-state index is 11.2. The zero-order valence-corrected chi connectivity index (χ0v) is 6.90. The molecular weight excluding hydrogens is 152 g/mol. The van der Waals surface area contributed by atoms with Crippen LogP contribution in [0.3, 0.4) is 0 Å². The zero-order chi connectivity index (χ0) is 8.81. The Hall–Kier alpha value is -1.51. The Morgan fingerprint density at radius 3 is 2.75 bits per heavy atom. The van der Waals surface area contributed by atoms with Crippen molar-refractivity contribution in [3.63, 3.8) is 0 Å². The minimum Gasteiger partial charge on any atom is -0.289 e. The van der Waals surface area contributed by atoms with Crippen molar-refractivity contribution in [3.8, 4) is 0 Å². The van der Waals surface area contributed by atoms with E-state index in [0.29, 0.717) is 5.56 Å². The average molecular weight is 162 g/mol. The minimum atomic E-state index is -0.0440. The van der Waals surface area contributed by atoms with Gasteiger partial charge in [0.15, 0.2) is 5.78 Å². The highest BCUT2D eigenvalue weighted by atomic mass is 16.1. The van der Waals surface area contributed by atoms with Gasteiger partial charge in [0.25, 0.3) is 0 Å². The van der Waals surface area contributed by atoms with Gasteiger partial charge in [0.1, 0.15) is 6.33 Å². The molecule has 3 heteroatoms. The van der Waals surface area contributed by atoms with Crippen molar-refractivity contribution in [2.24, 2.45) is 0 Å². The fraction of sp³-hybridized carbons (Fsp3) is 0.222. The second-order valence-corrected chi connectivity index (χ2v) is 2.30. The highest BCUT2D eigenvalue weighted by molar-refractivity contribution is 6.03. The van der Waals surface area contributed by atoms with Crippen LogP contribution in [-0.4, -0.2) is 15.8 Å². The van der Waals surface area contributed by atoms with E-state index in [-0.39, 0.29) is 5.78 Å². The van der Waals surface area contributed by atoms with Gasteiger partial charge in [0, 0.05) is 12.4 Å². The summed E-state index contributed by atoms with van der Waals surface area (Å²) in [6.07, 6.45) is 8.64. The van der Waals surface area contributed by atoms with Crippen molar-refractivity contribution in [2.45, 2.75) is 13.3 Å². The minimum absolute atomic E-state index is 0.0440. The maximum absolute atomic E-state index is 11.2. The second-order valence-electron chi connectivity index (χ2n) is 2.30. The number of nitrogens with zero attached hydrogens (tertiary/aromatic N) is 2. The number of rotatable bonds is 3. The molecule has 0 amide bonds. The number of ketones is 1. The Labute approximate surface area is 71.2 Å². The van der Waals surface area contributed by atoms with Crippen LogP contribution in [0.25, 0.3) is 0 Å². The SMILES string of the molecule is CC/C=C/C(=O)c1cncnc1. The van der Waals surface area contributed by atoms with Gasteiger partial charge in [0.05, 0.1) is 5.56 Å². The van der Waals surface area contributed by atoms with Crippen LogP contribution < -0.4 is 0 Å². The summed E-state index contributed by atoms with van der Waals surface area (Å²) < 4.78 is 0. The Morgan fingerprint density at radius 2 is 2.17 bits per heavy atom. The molecule has 1 rings (SSSR count). The molecule has 62 valence electrons. The van der Waals surface area contributed by atoms with Crippen LogP contribution >= 0.6 is 0 Å². The molecule has 0 bridgehead atoms. The van der Waals surface area contributed by atoms with Crippen molar-refractivity contribution in [1.82, 2.24) is 9.97 Å². The molecular formula is C9H10N2O. The molecule has 0 unspecified atom stereocenters. The summed E-state index contributed by atoms with van der Waals surface area (Å²) in [7, 11) is 0. The van der Waals surface area contributed by atoms with Crippen molar-refractivity contribution < 1.29 is 4.79 Å². The molecule has 1 aromatic rings. The fourth-order valence-corrected chi connectivity index (χ4v) is 0.747. The van der Waals surface area contributed by atoms with Gasteiger partial charge in [-0.1, -0.05) is 13.0 Å². The summed E-state index contributed by atoms with van der Waals surface area (Å²) >= 11 is 0. The highest BCUT2D eigenvalue weighted by Gasteiger charge is 1.99. The summed E-state index contributed by atoms with van der Waals surface area (Å²) in [6.45, 7) is 1.98. The lowest BCUT2D eigenvalue weighted by molar-refractivity contribution is 0.104. The van der Waals surface area contributed by atoms with E-state index in [4.69, 9.17) is 0 Å². The third-order valence-corrected chi connectivity index (χ3v) is 1.35. The molecule has 0 radical (unpaired) electrons. The predicted octanol–water partition coefficient (Wildman–Crippen LogP) is 1.63. The molecule has 0 saturated carbocycles. The van der Waals surface area contributed by atoms with Crippen molar-refractivity contribution in [1.29, 1.82) is 0 Å². The number of allylic oxidation sites excluding steroid dienone is 2. The Balaban J connectivity index is 2.72. The molecule has 1 heterocycles. The molecule has 3 nitrogen and oxygen atoms in total. The molecule has 0 fully saturated rings. The lowest BCUT2D eigenvalue weighted by atomic mass is 10.2. The number of hydrogen-bond acceptors (Lipinski definition) is 3. The monoisotopic (exact) mass is 162 g/mol. The third-order valence-electron chi connectivity index (χ3n) is 1.35. The molecule has 0 spiro atoms. The van der Waals surface area contributed by atoms with Gasteiger partial charge in [-0.25, -0.2) is 9.97 Å². The van der Waals surface area contributed by atoms with E-state index in [0.717, 1.165) is 6.42 Å². The van der Waals surface area contributed by atoms with E-state index in [1.54, 1.807) is 6.08 Å². The normalized spacial score (nSPS) is 10.4. The van der Waals surface area contributed by atoms with Gasteiger partial charge < -0.3 is 0 Å². The molecule has 0 saturated heterocycles. The Bertz CT molecular complexity index is 280. The van der Waals surface area contributed by atoms with Crippen LogP contribution in [0.2, 0.25) is 0 Å². The van der Waals surface area contributed by atoms with E-state index in [9.17, 15) is 4.79 Å². The quantitative estimate of drug-likeness (QED) is 0.501. The molecule has 0 aliphatic carbocycles. The first-order valence-electron chi connectivity index (χ1n) is 3.80. The number of carbonyl (C=O) groups excluding carboxylic acids is 1. The van der Waals surface area contributed by atoms with Crippen molar-refractivity contribution in [2.75, 3.05) is 0 Å². The molecule has 12 heavy (non-hydrogen) atoms. The predicted molar refractivity (Wildman–Crippen MR) is 45.8 cm³/mol. The zero-order valence-electron chi connectivity index (χ0n) is 6.90. The van der Waals surface area contributed by atoms with E-state index in [1.807, 2.05) is 13.0 Å². The molecule has 0 N–H and O–H groups in total. The summed E-state index contributed by atoms with van der Waals surface area (Å²) in [4.78, 5) is 18.7. The van der Waals surface area contributed by atoms with Crippen LogP contribution in [0.1, 0.15) is 23.7 Å². The third kappa shape index (κ3) is 2.27. The summed E-state index contributed by atoms with van der Waals surface area (Å²) in [5.74, 6) is -0.0440. The van der Waals surface area contributed by atoms with E-state index in [1.165, 1.54) is 18.7 Å². The lowest BCUT2D eigenvalue weighted by Crippen LogP contribution is -1.95. The maximum Gasteiger partial charge on any atom is 0.188 e. The first kappa shape index (κ1) is 8.59. The Morgan fingerprint density at radius 1 is 1.50 bits per heavy atom. The summed E-state index contributed by atoms with van der Waals surface area (Å²) in [5.41, 5.74) is 0.530. The van der Waals surface area contributed by atoms with Crippen LogP contribution in [0, 0.1) is 0 Å². The largest absolute Gasteiger partial charge is 0.289 e. The van der Waals surface area contributed by atoms with Gasteiger partial charge >= 0.3 is 0 Å². The van der Waals surface area contributed by atoms with Gasteiger partial charge in [-0.2, -0.15) is 0 Å². The fourth-order valence-electron chi connectivity index (χ4n) is 0.747. The molecule has 0 aliphatic rings. The lowest BCUT2D eigenvalue weighted by Gasteiger charge is -1.90. The molecule has 0 atom stereocenters. The average Bonchev–Trinajstić information content (AvgIpc) is 2.15. The van der Waals surface area contributed by atoms with Crippen LogP contribution in [-0.2, 0) is 0 Å². The van der Waals surface area contributed by atoms with Gasteiger partial charge in [0.2, 0.25) is 0 Å². The topological polar surface area (TPSA) is 42.9 Å². The van der Waals surface area contributed by atoms with Crippen LogP contribution in [0.4, 0.5) is 0 Å². The van der Waals surface area contributed by atoms with Crippen LogP contribution in [0.15, 0.2) is 30.9 Å². The van der Waals surface area contributed by atoms with E-state index < -0.39 is 0 Å². The van der Waals surface area contributed by atoms with Crippen molar-refractivity contribution >= 4 is 5.78 Å². The standard InChI is InChI=1S/C9H10N2O/c1-2-3-4-9(12)8-5-10-7-11-6-8/h3-7H,2H2,1H3/b4-3+.